The Morgan fingerprint density at radius 3 is 2.26 bits per heavy atom. The molecule has 0 saturated heterocycles. The molecule has 0 spiro atoms. The van der Waals surface area contributed by atoms with Gasteiger partial charge in [-0.15, -0.1) is 0 Å². The molecule has 0 radical (unpaired) electrons. The molecule has 2 saturated carbocycles. The fourth-order valence-electron chi connectivity index (χ4n) is 4.01. The van der Waals surface area contributed by atoms with Crippen molar-refractivity contribution in [3.63, 3.8) is 0 Å². The Kier molecular flexibility index (Phi) is 6.15. The van der Waals surface area contributed by atoms with Crippen LogP contribution in [0.3, 0.4) is 0 Å². The van der Waals surface area contributed by atoms with Crippen LogP contribution >= 0.6 is 0 Å². The van der Waals surface area contributed by atoms with Crippen molar-refractivity contribution in [2.45, 2.75) is 64.7 Å². The standard InChI is InChI=1S/C17H34N2/c1-3-18-14-17(11-6-4-5-7-12-17)15-19(2)13-16-9-8-10-16/h16,18H,3-15H2,1-2H3. The third-order valence-corrected chi connectivity index (χ3v) is 5.31. The van der Waals surface area contributed by atoms with E-state index < -0.39 is 0 Å². The third kappa shape index (κ3) is 4.75. The van der Waals surface area contributed by atoms with Crippen LogP contribution in [0.25, 0.3) is 0 Å². The summed E-state index contributed by atoms with van der Waals surface area (Å²) < 4.78 is 0. The van der Waals surface area contributed by atoms with Gasteiger partial charge in [-0.3, -0.25) is 0 Å². The molecule has 2 nitrogen and oxygen atoms in total. The van der Waals surface area contributed by atoms with E-state index in [-0.39, 0.29) is 0 Å². The average molecular weight is 266 g/mol. The average Bonchev–Trinajstić information content (AvgIpc) is 2.58. The molecule has 2 rings (SSSR count). The lowest BCUT2D eigenvalue weighted by Gasteiger charge is -2.39. The first-order valence-electron chi connectivity index (χ1n) is 8.63. The number of nitrogens with zero attached hydrogens (tertiary/aromatic N) is 1. The zero-order chi connectivity index (χ0) is 13.6. The first kappa shape index (κ1) is 15.3. The van der Waals surface area contributed by atoms with Gasteiger partial charge in [0.15, 0.2) is 0 Å². The van der Waals surface area contributed by atoms with Crippen molar-refractivity contribution in [2.75, 3.05) is 33.2 Å². The Morgan fingerprint density at radius 2 is 1.74 bits per heavy atom. The van der Waals surface area contributed by atoms with Gasteiger partial charge in [-0.2, -0.15) is 0 Å². The van der Waals surface area contributed by atoms with Gasteiger partial charge in [0.2, 0.25) is 0 Å². The minimum absolute atomic E-state index is 0.561. The molecule has 2 heteroatoms. The highest BCUT2D eigenvalue weighted by Gasteiger charge is 2.32. The van der Waals surface area contributed by atoms with Crippen LogP contribution in [0.4, 0.5) is 0 Å². The molecule has 0 unspecified atom stereocenters. The number of hydrogen-bond donors (Lipinski definition) is 1. The van der Waals surface area contributed by atoms with Crippen LogP contribution < -0.4 is 5.32 Å². The van der Waals surface area contributed by atoms with E-state index in [0.717, 1.165) is 12.5 Å². The normalized spacial score (nSPS) is 24.2. The van der Waals surface area contributed by atoms with E-state index in [1.165, 1.54) is 77.4 Å². The van der Waals surface area contributed by atoms with Crippen molar-refractivity contribution in [1.29, 1.82) is 0 Å². The van der Waals surface area contributed by atoms with Gasteiger partial charge in [0.1, 0.15) is 0 Å². The van der Waals surface area contributed by atoms with Crippen LogP contribution in [0.15, 0.2) is 0 Å². The van der Waals surface area contributed by atoms with E-state index in [9.17, 15) is 0 Å². The van der Waals surface area contributed by atoms with Gasteiger partial charge in [0.25, 0.3) is 0 Å². The molecule has 0 aromatic rings. The second-order valence-electron chi connectivity index (χ2n) is 7.19. The van der Waals surface area contributed by atoms with Crippen molar-refractivity contribution in [3.05, 3.63) is 0 Å². The molecule has 112 valence electrons. The summed E-state index contributed by atoms with van der Waals surface area (Å²) in [7, 11) is 2.36. The fourth-order valence-corrected chi connectivity index (χ4v) is 4.01. The molecule has 0 amide bonds. The van der Waals surface area contributed by atoms with Crippen LogP contribution in [-0.4, -0.2) is 38.1 Å². The maximum atomic E-state index is 3.65. The fraction of sp³-hybridized carbons (Fsp3) is 1.00. The van der Waals surface area contributed by atoms with Crippen molar-refractivity contribution in [3.8, 4) is 0 Å². The summed E-state index contributed by atoms with van der Waals surface area (Å²) in [5.74, 6) is 1.01. The van der Waals surface area contributed by atoms with Crippen molar-refractivity contribution in [1.82, 2.24) is 10.2 Å². The molecule has 2 aliphatic carbocycles. The molecule has 0 bridgehead atoms. The lowest BCUT2D eigenvalue weighted by atomic mass is 9.79. The van der Waals surface area contributed by atoms with E-state index in [2.05, 4.69) is 24.2 Å². The first-order chi connectivity index (χ1) is 9.24. The van der Waals surface area contributed by atoms with Crippen molar-refractivity contribution in [2.24, 2.45) is 11.3 Å². The molecule has 0 atom stereocenters. The van der Waals surface area contributed by atoms with Crippen LogP contribution in [0.1, 0.15) is 64.7 Å². The zero-order valence-electron chi connectivity index (χ0n) is 13.2. The lowest BCUT2D eigenvalue weighted by Crippen LogP contribution is -2.44. The topological polar surface area (TPSA) is 15.3 Å². The smallest absolute Gasteiger partial charge is 0.00472 e. The molecule has 2 fully saturated rings. The van der Waals surface area contributed by atoms with E-state index >= 15 is 0 Å². The minimum Gasteiger partial charge on any atom is -0.316 e. The number of hydrogen-bond acceptors (Lipinski definition) is 2. The molecule has 0 aliphatic heterocycles. The Hall–Kier alpha value is -0.0800. The summed E-state index contributed by atoms with van der Waals surface area (Å²) in [4.78, 5) is 2.65. The van der Waals surface area contributed by atoms with Gasteiger partial charge < -0.3 is 10.2 Å². The van der Waals surface area contributed by atoms with Gasteiger partial charge in [-0.1, -0.05) is 39.0 Å². The Labute approximate surface area is 120 Å². The number of nitrogens with one attached hydrogen (secondary N) is 1. The summed E-state index contributed by atoms with van der Waals surface area (Å²) in [5.41, 5.74) is 0.561. The second-order valence-corrected chi connectivity index (χ2v) is 7.19. The molecule has 2 aliphatic rings. The predicted molar refractivity (Wildman–Crippen MR) is 83.5 cm³/mol. The maximum Gasteiger partial charge on any atom is 0.00472 e. The van der Waals surface area contributed by atoms with Gasteiger partial charge in [-0.05, 0) is 50.6 Å². The quantitative estimate of drug-likeness (QED) is 0.707. The summed E-state index contributed by atoms with van der Waals surface area (Å²) in [5, 5.41) is 3.65. The largest absolute Gasteiger partial charge is 0.316 e. The summed E-state index contributed by atoms with van der Waals surface area (Å²) >= 11 is 0. The highest BCUT2D eigenvalue weighted by molar-refractivity contribution is 4.87. The van der Waals surface area contributed by atoms with Gasteiger partial charge in [0.05, 0.1) is 0 Å². The molecular weight excluding hydrogens is 232 g/mol. The van der Waals surface area contributed by atoms with E-state index in [4.69, 9.17) is 0 Å². The second kappa shape index (κ2) is 7.64. The van der Waals surface area contributed by atoms with Crippen LogP contribution in [0, 0.1) is 11.3 Å². The molecule has 0 aromatic carbocycles. The highest BCUT2D eigenvalue weighted by atomic mass is 15.1. The highest BCUT2D eigenvalue weighted by Crippen LogP contribution is 2.36. The van der Waals surface area contributed by atoms with Crippen LogP contribution in [0.5, 0.6) is 0 Å². The van der Waals surface area contributed by atoms with Crippen LogP contribution in [-0.2, 0) is 0 Å². The summed E-state index contributed by atoms with van der Waals surface area (Å²) in [6.07, 6.45) is 13.1. The lowest BCUT2D eigenvalue weighted by molar-refractivity contribution is 0.117. The Balaban J connectivity index is 1.86. The van der Waals surface area contributed by atoms with E-state index in [1.54, 1.807) is 0 Å². The Morgan fingerprint density at radius 1 is 1.05 bits per heavy atom. The van der Waals surface area contributed by atoms with Crippen molar-refractivity contribution >= 4 is 0 Å². The maximum absolute atomic E-state index is 3.65. The third-order valence-electron chi connectivity index (χ3n) is 5.31. The van der Waals surface area contributed by atoms with E-state index in [1.807, 2.05) is 0 Å². The van der Waals surface area contributed by atoms with Crippen molar-refractivity contribution < 1.29 is 0 Å². The molecule has 0 aromatic heterocycles. The monoisotopic (exact) mass is 266 g/mol. The molecule has 19 heavy (non-hydrogen) atoms. The van der Waals surface area contributed by atoms with Gasteiger partial charge in [0, 0.05) is 19.6 Å². The summed E-state index contributed by atoms with van der Waals surface area (Å²) in [6, 6.07) is 0. The molecular formula is C17H34N2. The zero-order valence-corrected chi connectivity index (χ0v) is 13.2. The SMILES string of the molecule is CCNCC1(CN(C)CC2CCC2)CCCCCC1. The molecule has 0 heterocycles. The van der Waals surface area contributed by atoms with Crippen LogP contribution in [0.2, 0.25) is 0 Å². The van der Waals surface area contributed by atoms with E-state index in [0.29, 0.717) is 5.41 Å². The number of rotatable bonds is 7. The Bertz CT molecular complexity index is 240. The molecule has 1 N–H and O–H groups in total. The van der Waals surface area contributed by atoms with Gasteiger partial charge >= 0.3 is 0 Å². The first-order valence-corrected chi connectivity index (χ1v) is 8.63. The minimum atomic E-state index is 0.561. The summed E-state index contributed by atoms with van der Waals surface area (Å²) in [6.45, 7) is 7.25. The van der Waals surface area contributed by atoms with Gasteiger partial charge in [-0.25, -0.2) is 0 Å². The predicted octanol–water partition coefficient (Wildman–Crippen LogP) is 3.67.